The molecule has 0 radical (unpaired) electrons. The fourth-order valence-corrected chi connectivity index (χ4v) is 1.69. The Morgan fingerprint density at radius 1 is 1.31 bits per heavy atom. The quantitative estimate of drug-likeness (QED) is 0.827. The standard InChI is InChI=1S/C9H6BrFN4O/c10-5-1-4(2-6(11)3-5)7-13-8(12)15-9(16)14-7/h1-3H,(H3,12,13,14,15,16). The molecule has 3 N–H and O–H groups in total. The minimum absolute atomic E-state index is 0.154. The first-order chi connectivity index (χ1) is 7.54. The topological polar surface area (TPSA) is 84.7 Å². The molecule has 0 amide bonds. The minimum atomic E-state index is -0.622. The van der Waals surface area contributed by atoms with Crippen LogP contribution in [0.2, 0.25) is 0 Å². The van der Waals surface area contributed by atoms with E-state index in [0.717, 1.165) is 0 Å². The van der Waals surface area contributed by atoms with E-state index in [1.807, 2.05) is 0 Å². The van der Waals surface area contributed by atoms with Gasteiger partial charge in [-0.1, -0.05) is 15.9 Å². The van der Waals surface area contributed by atoms with E-state index >= 15 is 0 Å². The lowest BCUT2D eigenvalue weighted by Gasteiger charge is -2.02. The molecule has 0 unspecified atom stereocenters. The average molecular weight is 285 g/mol. The maximum absolute atomic E-state index is 13.1. The maximum Gasteiger partial charge on any atom is 0.349 e. The molecule has 5 nitrogen and oxygen atoms in total. The molecule has 0 bridgehead atoms. The Kier molecular flexibility index (Phi) is 2.69. The number of hydrogen-bond acceptors (Lipinski definition) is 4. The molecule has 0 saturated heterocycles. The normalized spacial score (nSPS) is 10.4. The summed E-state index contributed by atoms with van der Waals surface area (Å²) in [5, 5.41) is 0. The summed E-state index contributed by atoms with van der Waals surface area (Å²) in [6.07, 6.45) is 0. The van der Waals surface area contributed by atoms with E-state index in [1.165, 1.54) is 12.1 Å². The van der Waals surface area contributed by atoms with Gasteiger partial charge in [0.25, 0.3) is 0 Å². The lowest BCUT2D eigenvalue weighted by molar-refractivity contribution is 0.627. The number of nitrogen functional groups attached to an aromatic ring is 1. The summed E-state index contributed by atoms with van der Waals surface area (Å²) < 4.78 is 13.7. The lowest BCUT2D eigenvalue weighted by Crippen LogP contribution is -2.15. The first-order valence-corrected chi connectivity index (χ1v) is 5.04. The number of rotatable bonds is 1. The number of benzene rings is 1. The molecule has 0 saturated carbocycles. The maximum atomic E-state index is 13.1. The first-order valence-electron chi connectivity index (χ1n) is 4.25. The number of anilines is 1. The van der Waals surface area contributed by atoms with E-state index in [9.17, 15) is 9.18 Å². The van der Waals surface area contributed by atoms with Crippen LogP contribution in [0.4, 0.5) is 10.3 Å². The molecule has 1 heterocycles. The third-order valence-corrected chi connectivity index (χ3v) is 2.26. The molecule has 0 aliphatic heterocycles. The summed E-state index contributed by atoms with van der Waals surface area (Å²) in [7, 11) is 0. The Morgan fingerprint density at radius 2 is 2.06 bits per heavy atom. The number of nitrogens with one attached hydrogen (secondary N) is 1. The van der Waals surface area contributed by atoms with Gasteiger partial charge in [0.1, 0.15) is 11.6 Å². The summed E-state index contributed by atoms with van der Waals surface area (Å²) in [5.74, 6) is -0.417. The van der Waals surface area contributed by atoms with Crippen molar-refractivity contribution in [1.82, 2.24) is 15.0 Å². The van der Waals surface area contributed by atoms with Crippen molar-refractivity contribution in [2.75, 3.05) is 5.73 Å². The van der Waals surface area contributed by atoms with Gasteiger partial charge < -0.3 is 5.73 Å². The van der Waals surface area contributed by atoms with Crippen LogP contribution in [0.5, 0.6) is 0 Å². The summed E-state index contributed by atoms with van der Waals surface area (Å²) in [6, 6.07) is 4.15. The highest BCUT2D eigenvalue weighted by molar-refractivity contribution is 9.10. The summed E-state index contributed by atoms with van der Waals surface area (Å²) in [4.78, 5) is 20.6. The van der Waals surface area contributed by atoms with Crippen LogP contribution in [0.15, 0.2) is 27.5 Å². The predicted molar refractivity (Wildman–Crippen MR) is 60.2 cm³/mol. The van der Waals surface area contributed by atoms with E-state index in [0.29, 0.717) is 10.0 Å². The van der Waals surface area contributed by atoms with Crippen LogP contribution in [-0.2, 0) is 0 Å². The molecule has 2 rings (SSSR count). The molecular weight excluding hydrogens is 279 g/mol. The molecule has 0 fully saturated rings. The molecule has 16 heavy (non-hydrogen) atoms. The van der Waals surface area contributed by atoms with Gasteiger partial charge in [-0.2, -0.15) is 9.97 Å². The van der Waals surface area contributed by atoms with Gasteiger partial charge in [0.2, 0.25) is 5.95 Å². The summed E-state index contributed by atoms with van der Waals surface area (Å²) in [6.45, 7) is 0. The number of nitrogens with zero attached hydrogens (tertiary/aromatic N) is 2. The highest BCUT2D eigenvalue weighted by Crippen LogP contribution is 2.21. The van der Waals surface area contributed by atoms with Gasteiger partial charge in [0.15, 0.2) is 0 Å². The van der Waals surface area contributed by atoms with Gasteiger partial charge in [-0.05, 0) is 18.2 Å². The number of H-pyrrole nitrogens is 1. The Balaban J connectivity index is 2.62. The van der Waals surface area contributed by atoms with E-state index in [-0.39, 0.29) is 11.8 Å². The van der Waals surface area contributed by atoms with Gasteiger partial charge in [0.05, 0.1) is 0 Å². The smallest absolute Gasteiger partial charge is 0.349 e. The highest BCUT2D eigenvalue weighted by atomic mass is 79.9. The van der Waals surface area contributed by atoms with E-state index in [1.54, 1.807) is 6.07 Å². The van der Waals surface area contributed by atoms with Gasteiger partial charge in [0, 0.05) is 10.0 Å². The van der Waals surface area contributed by atoms with Crippen molar-refractivity contribution in [1.29, 1.82) is 0 Å². The van der Waals surface area contributed by atoms with Crippen molar-refractivity contribution in [3.8, 4) is 11.4 Å². The molecule has 82 valence electrons. The van der Waals surface area contributed by atoms with Crippen LogP contribution in [-0.4, -0.2) is 15.0 Å². The molecule has 1 aromatic carbocycles. The van der Waals surface area contributed by atoms with Crippen LogP contribution < -0.4 is 11.4 Å². The fraction of sp³-hybridized carbons (Fsp3) is 0. The zero-order chi connectivity index (χ0) is 11.7. The largest absolute Gasteiger partial charge is 0.368 e. The third-order valence-electron chi connectivity index (χ3n) is 1.80. The zero-order valence-corrected chi connectivity index (χ0v) is 9.45. The summed E-state index contributed by atoms with van der Waals surface area (Å²) in [5.41, 5.74) is 5.12. The number of nitrogens with two attached hydrogens (primary N) is 1. The molecule has 0 aliphatic rings. The predicted octanol–water partition coefficient (Wildman–Crippen LogP) is 1.32. The SMILES string of the molecule is Nc1nc(-c2cc(F)cc(Br)c2)[nH]c(=O)n1. The molecule has 0 atom stereocenters. The van der Waals surface area contributed by atoms with Crippen LogP contribution in [0.3, 0.4) is 0 Å². The van der Waals surface area contributed by atoms with Crippen LogP contribution >= 0.6 is 15.9 Å². The average Bonchev–Trinajstić information content (AvgIpc) is 2.14. The molecule has 1 aromatic heterocycles. The molecule has 7 heteroatoms. The van der Waals surface area contributed by atoms with Crippen LogP contribution in [0.1, 0.15) is 0 Å². The van der Waals surface area contributed by atoms with E-state index in [4.69, 9.17) is 5.73 Å². The molecular formula is C9H6BrFN4O. The number of aromatic amines is 1. The van der Waals surface area contributed by atoms with E-state index in [2.05, 4.69) is 30.9 Å². The van der Waals surface area contributed by atoms with Crippen LogP contribution in [0.25, 0.3) is 11.4 Å². The first kappa shape index (κ1) is 10.7. The number of halogens is 2. The van der Waals surface area contributed by atoms with Crippen molar-refractivity contribution in [3.63, 3.8) is 0 Å². The second-order valence-electron chi connectivity index (χ2n) is 3.02. The van der Waals surface area contributed by atoms with Gasteiger partial charge in [-0.3, -0.25) is 4.98 Å². The second-order valence-corrected chi connectivity index (χ2v) is 3.93. The highest BCUT2D eigenvalue weighted by Gasteiger charge is 2.06. The van der Waals surface area contributed by atoms with Gasteiger partial charge in [-0.25, -0.2) is 9.18 Å². The van der Waals surface area contributed by atoms with Crippen LogP contribution in [0, 0.1) is 5.82 Å². The molecule has 2 aromatic rings. The van der Waals surface area contributed by atoms with Crippen molar-refractivity contribution < 1.29 is 4.39 Å². The Morgan fingerprint density at radius 3 is 2.69 bits per heavy atom. The fourth-order valence-electron chi connectivity index (χ4n) is 1.23. The van der Waals surface area contributed by atoms with Crippen molar-refractivity contribution in [3.05, 3.63) is 39.0 Å². The number of aromatic nitrogens is 3. The second kappa shape index (κ2) is 4.01. The van der Waals surface area contributed by atoms with E-state index < -0.39 is 11.5 Å². The van der Waals surface area contributed by atoms with Crippen molar-refractivity contribution in [2.45, 2.75) is 0 Å². The molecule has 0 spiro atoms. The Labute approximate surface area is 97.7 Å². The zero-order valence-electron chi connectivity index (χ0n) is 7.87. The van der Waals surface area contributed by atoms with Gasteiger partial charge >= 0.3 is 5.69 Å². The minimum Gasteiger partial charge on any atom is -0.368 e. The summed E-state index contributed by atoms with van der Waals surface area (Å²) >= 11 is 3.14. The van der Waals surface area contributed by atoms with Crippen molar-refractivity contribution in [2.24, 2.45) is 0 Å². The van der Waals surface area contributed by atoms with Gasteiger partial charge in [-0.15, -0.1) is 0 Å². The Bertz CT molecular complexity index is 578. The molecule has 0 aliphatic carbocycles. The lowest BCUT2D eigenvalue weighted by atomic mass is 10.2. The third kappa shape index (κ3) is 2.25. The van der Waals surface area contributed by atoms with Crippen molar-refractivity contribution >= 4 is 21.9 Å². The number of hydrogen-bond donors (Lipinski definition) is 2. The monoisotopic (exact) mass is 284 g/mol. The Hall–Kier alpha value is -1.76.